The third-order valence-electron chi connectivity index (χ3n) is 2.18. The van der Waals surface area contributed by atoms with Crippen LogP contribution in [-0.4, -0.2) is 48.9 Å². The molecular weight excluding hydrogens is 272 g/mol. The standard InChI is InChI=1S/C11H14N2O7/c1-11(2)19-9(17)6(10(18)20-11)3-12-4-7(14)13-5-8(15)16/h3,6H,4-5H2,1-2H3,(H,13,14)(H,15,16). The Hall–Kier alpha value is -2.45. The normalized spacial score (nSPS) is 18.5. The maximum atomic E-state index is 11.5. The predicted molar refractivity (Wildman–Crippen MR) is 59.7 cm³/mol. The van der Waals surface area contributed by atoms with Gasteiger partial charge in [0.15, 0.2) is 6.21 Å². The van der Waals surface area contributed by atoms with Crippen LogP contribution in [0.5, 0.6) is 0 Å². The van der Waals surface area contributed by atoms with Gasteiger partial charge in [0.1, 0.15) is 0 Å². The second-order valence-electron chi connectivity index (χ2n) is 4.42. The first kappa shape index (κ1) is 15.6. The van der Waals surface area contributed by atoms with Crippen LogP contribution < -0.4 is 15.4 Å². The van der Waals surface area contributed by atoms with E-state index < -0.39 is 42.1 Å². The summed E-state index contributed by atoms with van der Waals surface area (Å²) in [6.07, 6.45) is 1.05. The number of hydrogen-bond acceptors (Lipinski definition) is 7. The van der Waals surface area contributed by atoms with E-state index in [2.05, 4.69) is 4.99 Å². The number of cyclic esters (lactones) is 2. The van der Waals surface area contributed by atoms with Gasteiger partial charge in [-0.05, 0) is 0 Å². The summed E-state index contributed by atoms with van der Waals surface area (Å²) in [6, 6.07) is 0. The van der Waals surface area contributed by atoms with Crippen molar-refractivity contribution in [2.24, 2.45) is 5.92 Å². The van der Waals surface area contributed by atoms with Crippen LogP contribution in [0.15, 0.2) is 0 Å². The molecule has 1 amide bonds. The second-order valence-corrected chi connectivity index (χ2v) is 4.42. The molecule has 1 aliphatic heterocycles. The molecule has 20 heavy (non-hydrogen) atoms. The number of hydrogen-bond donors (Lipinski definition) is 2. The summed E-state index contributed by atoms with van der Waals surface area (Å²) >= 11 is 0. The van der Waals surface area contributed by atoms with Gasteiger partial charge in [0.2, 0.25) is 12.5 Å². The van der Waals surface area contributed by atoms with Crippen LogP contribution in [0.25, 0.3) is 0 Å². The highest BCUT2D eigenvalue weighted by atomic mass is 16.7. The maximum Gasteiger partial charge on any atom is 0.333 e. The number of rotatable bonds is 5. The molecule has 0 bridgehead atoms. The number of nitrogens with one attached hydrogen (secondary N) is 2. The van der Waals surface area contributed by atoms with Crippen molar-refractivity contribution in [3.8, 4) is 0 Å². The van der Waals surface area contributed by atoms with E-state index in [4.69, 9.17) is 9.47 Å². The van der Waals surface area contributed by atoms with E-state index in [9.17, 15) is 24.3 Å². The van der Waals surface area contributed by atoms with Gasteiger partial charge in [0, 0.05) is 13.8 Å². The van der Waals surface area contributed by atoms with Crippen molar-refractivity contribution in [1.29, 1.82) is 0 Å². The predicted octanol–water partition coefficient (Wildman–Crippen LogP) is -4.54. The van der Waals surface area contributed by atoms with Crippen molar-refractivity contribution in [1.82, 2.24) is 5.32 Å². The van der Waals surface area contributed by atoms with Gasteiger partial charge in [-0.3, -0.25) is 14.4 Å². The molecule has 0 aromatic heterocycles. The van der Waals surface area contributed by atoms with Crippen LogP contribution in [-0.2, 0) is 28.7 Å². The van der Waals surface area contributed by atoms with E-state index in [-0.39, 0.29) is 6.54 Å². The molecule has 1 fully saturated rings. The minimum atomic E-state index is -1.43. The van der Waals surface area contributed by atoms with Crippen LogP contribution in [0.2, 0.25) is 0 Å². The van der Waals surface area contributed by atoms with Gasteiger partial charge < -0.3 is 24.7 Å². The molecule has 2 N–H and O–H groups in total. The number of ether oxygens (including phenoxy) is 2. The van der Waals surface area contributed by atoms with Gasteiger partial charge in [-0.15, -0.1) is 0 Å². The molecule has 0 aromatic carbocycles. The fraction of sp³-hybridized carbons (Fsp3) is 0.545. The quantitative estimate of drug-likeness (QED) is 0.295. The van der Waals surface area contributed by atoms with E-state index in [1.807, 2.05) is 5.32 Å². The molecule has 0 aromatic rings. The number of carboxylic acid groups (broad SMARTS) is 1. The average molecular weight is 286 g/mol. The Bertz CT molecular complexity index is 449. The zero-order valence-corrected chi connectivity index (χ0v) is 10.9. The SMILES string of the molecule is CC1(C)OC(=O)C(C=[NH+]CC(=O)NCC(=O)[O-])C(=O)O1. The molecular formula is C11H14N2O7. The van der Waals surface area contributed by atoms with E-state index >= 15 is 0 Å². The molecule has 110 valence electrons. The summed E-state index contributed by atoms with van der Waals surface area (Å²) in [5.74, 6) is -6.25. The molecule has 0 atom stereocenters. The van der Waals surface area contributed by atoms with Gasteiger partial charge in [0.05, 0.1) is 12.5 Å². The van der Waals surface area contributed by atoms with E-state index in [1.165, 1.54) is 13.8 Å². The van der Waals surface area contributed by atoms with Crippen LogP contribution >= 0.6 is 0 Å². The molecule has 0 aliphatic carbocycles. The zero-order chi connectivity index (χ0) is 15.3. The Morgan fingerprint density at radius 1 is 1.35 bits per heavy atom. The maximum absolute atomic E-state index is 11.5. The summed E-state index contributed by atoms with van der Waals surface area (Å²) < 4.78 is 9.71. The Morgan fingerprint density at radius 2 is 1.90 bits per heavy atom. The van der Waals surface area contributed by atoms with Crippen molar-refractivity contribution in [2.45, 2.75) is 19.6 Å². The lowest BCUT2D eigenvalue weighted by molar-refractivity contribution is -0.441. The molecule has 1 saturated heterocycles. The first-order valence-electron chi connectivity index (χ1n) is 5.70. The van der Waals surface area contributed by atoms with Gasteiger partial charge in [-0.25, -0.2) is 4.99 Å². The number of carboxylic acids is 1. The van der Waals surface area contributed by atoms with Crippen molar-refractivity contribution < 1.29 is 38.8 Å². The number of esters is 2. The highest BCUT2D eigenvalue weighted by Gasteiger charge is 2.43. The van der Waals surface area contributed by atoms with Crippen molar-refractivity contribution in [2.75, 3.05) is 13.1 Å². The van der Waals surface area contributed by atoms with Gasteiger partial charge >= 0.3 is 11.9 Å². The molecule has 0 spiro atoms. The monoisotopic (exact) mass is 286 g/mol. The molecule has 9 nitrogen and oxygen atoms in total. The summed E-state index contributed by atoms with van der Waals surface area (Å²) in [6.45, 7) is 1.90. The van der Waals surface area contributed by atoms with Gasteiger partial charge in [-0.2, -0.15) is 0 Å². The molecule has 0 saturated carbocycles. The Morgan fingerprint density at radius 3 is 2.40 bits per heavy atom. The van der Waals surface area contributed by atoms with Crippen LogP contribution in [0, 0.1) is 5.92 Å². The second kappa shape index (κ2) is 6.13. The van der Waals surface area contributed by atoms with Crippen molar-refractivity contribution in [3.05, 3.63) is 0 Å². The third-order valence-corrected chi connectivity index (χ3v) is 2.18. The lowest BCUT2D eigenvalue weighted by Crippen LogP contribution is -2.74. The first-order chi connectivity index (χ1) is 9.21. The minimum Gasteiger partial charge on any atom is -0.548 e. The molecule has 1 aliphatic rings. The van der Waals surface area contributed by atoms with Crippen molar-refractivity contribution >= 4 is 30.0 Å². The highest BCUT2D eigenvalue weighted by Crippen LogP contribution is 2.21. The minimum absolute atomic E-state index is 0.312. The summed E-state index contributed by atoms with van der Waals surface area (Å²) in [5, 5.41) is 12.1. The smallest absolute Gasteiger partial charge is 0.333 e. The summed E-state index contributed by atoms with van der Waals surface area (Å²) in [4.78, 5) is 46.7. The molecule has 0 radical (unpaired) electrons. The van der Waals surface area contributed by atoms with E-state index in [1.54, 1.807) is 0 Å². The van der Waals surface area contributed by atoms with Crippen LogP contribution in [0.3, 0.4) is 0 Å². The number of carbonyl (C=O) groups excluding carboxylic acids is 4. The fourth-order valence-electron chi connectivity index (χ4n) is 1.37. The van der Waals surface area contributed by atoms with Crippen LogP contribution in [0.4, 0.5) is 0 Å². The third kappa shape index (κ3) is 4.67. The Balaban J connectivity index is 2.50. The molecule has 1 heterocycles. The zero-order valence-electron chi connectivity index (χ0n) is 10.9. The number of amides is 1. The Kier molecular flexibility index (Phi) is 4.78. The highest BCUT2D eigenvalue weighted by molar-refractivity contribution is 6.09. The summed E-state index contributed by atoms with van der Waals surface area (Å²) in [5.41, 5.74) is 0. The lowest BCUT2D eigenvalue weighted by atomic mass is 10.1. The number of aliphatic carboxylic acids is 1. The molecule has 9 heteroatoms. The van der Waals surface area contributed by atoms with Crippen molar-refractivity contribution in [3.63, 3.8) is 0 Å². The Labute approximate surface area is 113 Å². The fourth-order valence-corrected chi connectivity index (χ4v) is 1.37. The molecule has 1 rings (SSSR count). The number of carbonyl (C=O) groups is 4. The van der Waals surface area contributed by atoms with Crippen LogP contribution in [0.1, 0.15) is 13.8 Å². The lowest BCUT2D eigenvalue weighted by Gasteiger charge is -2.30. The average Bonchev–Trinajstić information content (AvgIpc) is 2.28. The van der Waals surface area contributed by atoms with E-state index in [0.29, 0.717) is 0 Å². The topological polar surface area (TPSA) is 136 Å². The largest absolute Gasteiger partial charge is 0.548 e. The summed E-state index contributed by atoms with van der Waals surface area (Å²) in [7, 11) is 0. The van der Waals surface area contributed by atoms with E-state index in [0.717, 1.165) is 6.21 Å². The van der Waals surface area contributed by atoms with Gasteiger partial charge in [-0.1, -0.05) is 0 Å². The van der Waals surface area contributed by atoms with Gasteiger partial charge in [0.25, 0.3) is 11.7 Å². The molecule has 0 unspecified atom stereocenters. The first-order valence-corrected chi connectivity index (χ1v) is 5.70.